The molecule has 0 unspecified atom stereocenters. The Morgan fingerprint density at radius 3 is 3.00 bits per heavy atom. The largest absolute Gasteiger partial charge is 0.477 e. The Bertz CT molecular complexity index is 787. The summed E-state index contributed by atoms with van der Waals surface area (Å²) in [6, 6.07) is 11.4. The maximum atomic E-state index is 6.07. The molecule has 2 aromatic heterocycles. The minimum atomic E-state index is 0.593. The van der Waals surface area contributed by atoms with E-state index in [1.54, 1.807) is 10.7 Å². The van der Waals surface area contributed by atoms with E-state index in [0.717, 1.165) is 36.4 Å². The molecule has 0 bridgehead atoms. The molecule has 0 saturated carbocycles. The summed E-state index contributed by atoms with van der Waals surface area (Å²) in [6.45, 7) is 4.64. The molecule has 3 aromatic rings. The van der Waals surface area contributed by atoms with Gasteiger partial charge in [0.1, 0.15) is 0 Å². The van der Waals surface area contributed by atoms with Crippen molar-refractivity contribution in [3.05, 3.63) is 47.6 Å². The number of aromatic nitrogens is 3. The first-order valence-electron chi connectivity index (χ1n) is 7.72. The number of rotatable bonds is 7. The van der Waals surface area contributed by atoms with Crippen LogP contribution in [-0.2, 0) is 0 Å². The van der Waals surface area contributed by atoms with Crippen LogP contribution >= 0.6 is 11.6 Å². The van der Waals surface area contributed by atoms with Crippen LogP contribution in [0, 0.1) is 0 Å². The number of nitrogens with one attached hydrogen (secondary N) is 1. The van der Waals surface area contributed by atoms with Crippen LogP contribution in [0.3, 0.4) is 0 Å². The molecule has 5 nitrogen and oxygen atoms in total. The third kappa shape index (κ3) is 3.81. The number of imidazole rings is 1. The van der Waals surface area contributed by atoms with Crippen molar-refractivity contribution in [3.8, 4) is 17.1 Å². The standard InChI is InChI=1S/C17H19ClN4O/c1-2-19-9-4-10-23-17-8-7-16-20-12-15(22(16)21-17)13-5-3-6-14(18)11-13/h3,5-8,11-12,19H,2,4,9-10H2,1H3. The van der Waals surface area contributed by atoms with Crippen molar-refractivity contribution >= 4 is 17.2 Å². The molecule has 0 saturated heterocycles. The Labute approximate surface area is 140 Å². The predicted octanol–water partition coefficient (Wildman–Crippen LogP) is 3.43. The molecule has 0 atom stereocenters. The molecule has 0 amide bonds. The van der Waals surface area contributed by atoms with Crippen molar-refractivity contribution in [2.75, 3.05) is 19.7 Å². The van der Waals surface area contributed by atoms with E-state index in [1.807, 2.05) is 36.4 Å². The Morgan fingerprint density at radius 1 is 1.26 bits per heavy atom. The van der Waals surface area contributed by atoms with Gasteiger partial charge < -0.3 is 10.1 Å². The van der Waals surface area contributed by atoms with Crippen molar-refractivity contribution in [1.29, 1.82) is 0 Å². The predicted molar refractivity (Wildman–Crippen MR) is 92.1 cm³/mol. The molecular formula is C17H19ClN4O. The summed E-state index contributed by atoms with van der Waals surface area (Å²) in [4.78, 5) is 4.38. The second kappa shape index (κ2) is 7.44. The summed E-state index contributed by atoms with van der Waals surface area (Å²) < 4.78 is 7.50. The lowest BCUT2D eigenvalue weighted by atomic mass is 10.2. The van der Waals surface area contributed by atoms with E-state index in [2.05, 4.69) is 22.3 Å². The fraction of sp³-hybridized carbons (Fsp3) is 0.294. The lowest BCUT2D eigenvalue weighted by molar-refractivity contribution is 0.293. The van der Waals surface area contributed by atoms with E-state index in [-0.39, 0.29) is 0 Å². The van der Waals surface area contributed by atoms with Crippen LogP contribution in [-0.4, -0.2) is 34.3 Å². The highest BCUT2D eigenvalue weighted by Gasteiger charge is 2.09. The van der Waals surface area contributed by atoms with Crippen molar-refractivity contribution in [3.63, 3.8) is 0 Å². The molecule has 0 radical (unpaired) electrons. The number of hydrogen-bond donors (Lipinski definition) is 1. The summed E-state index contributed by atoms with van der Waals surface area (Å²) in [7, 11) is 0. The van der Waals surface area contributed by atoms with Crippen molar-refractivity contribution in [2.24, 2.45) is 0 Å². The molecule has 0 fully saturated rings. The van der Waals surface area contributed by atoms with Crippen LogP contribution < -0.4 is 10.1 Å². The fourth-order valence-electron chi connectivity index (χ4n) is 2.33. The zero-order valence-corrected chi connectivity index (χ0v) is 13.8. The number of benzene rings is 1. The molecule has 23 heavy (non-hydrogen) atoms. The first kappa shape index (κ1) is 15.8. The highest BCUT2D eigenvalue weighted by Crippen LogP contribution is 2.23. The molecule has 0 spiro atoms. The monoisotopic (exact) mass is 330 g/mol. The molecule has 2 heterocycles. The summed E-state index contributed by atoms with van der Waals surface area (Å²) in [5, 5.41) is 8.48. The quantitative estimate of drug-likeness (QED) is 0.674. The van der Waals surface area contributed by atoms with Crippen LogP contribution in [0.5, 0.6) is 5.88 Å². The second-order valence-electron chi connectivity index (χ2n) is 5.15. The summed E-state index contributed by atoms with van der Waals surface area (Å²) in [5.41, 5.74) is 2.64. The molecule has 0 aliphatic carbocycles. The minimum Gasteiger partial charge on any atom is -0.477 e. The van der Waals surface area contributed by atoms with E-state index in [4.69, 9.17) is 16.3 Å². The van der Waals surface area contributed by atoms with E-state index in [0.29, 0.717) is 17.5 Å². The van der Waals surface area contributed by atoms with Crippen LogP contribution in [0.15, 0.2) is 42.6 Å². The van der Waals surface area contributed by atoms with Crippen molar-refractivity contribution < 1.29 is 4.74 Å². The Balaban J connectivity index is 1.80. The lowest BCUT2D eigenvalue weighted by Crippen LogP contribution is -2.16. The van der Waals surface area contributed by atoms with E-state index < -0.39 is 0 Å². The van der Waals surface area contributed by atoms with E-state index in [1.165, 1.54) is 0 Å². The zero-order chi connectivity index (χ0) is 16.1. The third-order valence-electron chi connectivity index (χ3n) is 3.46. The Morgan fingerprint density at radius 2 is 2.17 bits per heavy atom. The van der Waals surface area contributed by atoms with Gasteiger partial charge in [-0.2, -0.15) is 0 Å². The Kier molecular flexibility index (Phi) is 5.10. The fourth-order valence-corrected chi connectivity index (χ4v) is 2.52. The van der Waals surface area contributed by atoms with Gasteiger partial charge in [-0.1, -0.05) is 30.7 Å². The smallest absolute Gasteiger partial charge is 0.231 e. The van der Waals surface area contributed by atoms with Gasteiger partial charge in [0.05, 0.1) is 18.5 Å². The van der Waals surface area contributed by atoms with Gasteiger partial charge in [-0.3, -0.25) is 0 Å². The maximum absolute atomic E-state index is 6.07. The molecule has 6 heteroatoms. The SMILES string of the molecule is CCNCCCOc1ccc2ncc(-c3cccc(Cl)c3)n2n1. The van der Waals surface area contributed by atoms with E-state index in [9.17, 15) is 0 Å². The van der Waals surface area contributed by atoms with Crippen LogP contribution in [0.2, 0.25) is 5.02 Å². The van der Waals surface area contributed by atoms with Crippen LogP contribution in [0.1, 0.15) is 13.3 Å². The van der Waals surface area contributed by atoms with Crippen molar-refractivity contribution in [2.45, 2.75) is 13.3 Å². The molecule has 120 valence electrons. The van der Waals surface area contributed by atoms with Crippen LogP contribution in [0.4, 0.5) is 0 Å². The van der Waals surface area contributed by atoms with Gasteiger partial charge in [0.25, 0.3) is 0 Å². The zero-order valence-electron chi connectivity index (χ0n) is 13.0. The lowest BCUT2D eigenvalue weighted by Gasteiger charge is -2.07. The van der Waals surface area contributed by atoms with Crippen molar-refractivity contribution in [1.82, 2.24) is 19.9 Å². The van der Waals surface area contributed by atoms with Gasteiger partial charge in [0, 0.05) is 16.7 Å². The van der Waals surface area contributed by atoms with Gasteiger partial charge >= 0.3 is 0 Å². The maximum Gasteiger partial charge on any atom is 0.231 e. The van der Waals surface area contributed by atoms with Gasteiger partial charge in [0.2, 0.25) is 5.88 Å². The first-order chi connectivity index (χ1) is 11.3. The number of hydrogen-bond acceptors (Lipinski definition) is 4. The first-order valence-corrected chi connectivity index (χ1v) is 8.10. The van der Waals surface area contributed by atoms with Gasteiger partial charge in [-0.05, 0) is 37.7 Å². The summed E-state index contributed by atoms with van der Waals surface area (Å²) in [5.74, 6) is 0.593. The third-order valence-corrected chi connectivity index (χ3v) is 3.69. The average molecular weight is 331 g/mol. The van der Waals surface area contributed by atoms with Crippen LogP contribution in [0.25, 0.3) is 16.9 Å². The minimum absolute atomic E-state index is 0.593. The van der Waals surface area contributed by atoms with Gasteiger partial charge in [0.15, 0.2) is 5.65 Å². The number of fused-ring (bicyclic) bond motifs is 1. The molecule has 0 aliphatic rings. The molecule has 1 N–H and O–H groups in total. The highest BCUT2D eigenvalue weighted by atomic mass is 35.5. The molecular weight excluding hydrogens is 312 g/mol. The Hall–Kier alpha value is -2.11. The molecule has 0 aliphatic heterocycles. The highest BCUT2D eigenvalue weighted by molar-refractivity contribution is 6.30. The number of ether oxygens (including phenoxy) is 1. The molecule has 3 rings (SSSR count). The van der Waals surface area contributed by atoms with Gasteiger partial charge in [-0.25, -0.2) is 9.50 Å². The van der Waals surface area contributed by atoms with Gasteiger partial charge in [-0.15, -0.1) is 5.10 Å². The topological polar surface area (TPSA) is 51.5 Å². The second-order valence-corrected chi connectivity index (χ2v) is 5.59. The van der Waals surface area contributed by atoms with E-state index >= 15 is 0 Å². The number of nitrogens with zero attached hydrogens (tertiary/aromatic N) is 3. The average Bonchev–Trinajstić information content (AvgIpc) is 2.98. The summed E-state index contributed by atoms with van der Waals surface area (Å²) >= 11 is 6.07. The summed E-state index contributed by atoms with van der Waals surface area (Å²) in [6.07, 6.45) is 2.74. The normalized spacial score (nSPS) is 11.0. The number of halogens is 1. The molecule has 1 aromatic carbocycles.